The molecule has 3 aromatic carbocycles. The fraction of sp³-hybridized carbons (Fsp3) is 0.375. The van der Waals surface area contributed by atoms with Crippen LogP contribution in [0.2, 0.25) is 0 Å². The Labute approximate surface area is 208 Å². The number of hydrogen-bond acceptors (Lipinski definition) is 1. The quantitative estimate of drug-likeness (QED) is 0.266. The van der Waals surface area contributed by atoms with Gasteiger partial charge in [0.1, 0.15) is 0 Å². The van der Waals surface area contributed by atoms with Crippen molar-refractivity contribution in [2.75, 3.05) is 6.61 Å². The molecule has 1 aliphatic carbocycles. The predicted molar refractivity (Wildman–Crippen MR) is 142 cm³/mol. The van der Waals surface area contributed by atoms with Gasteiger partial charge in [-0.1, -0.05) is 80.3 Å². The smallest absolute Gasteiger partial charge is 0.201 e. The van der Waals surface area contributed by atoms with Crippen molar-refractivity contribution in [1.82, 2.24) is 0 Å². The van der Waals surface area contributed by atoms with Crippen LogP contribution >= 0.6 is 0 Å². The Bertz CT molecular complexity index is 1090. The number of hydrogen-bond donors (Lipinski definition) is 0. The first kappa shape index (κ1) is 25.2. The van der Waals surface area contributed by atoms with E-state index in [9.17, 15) is 8.78 Å². The maximum Gasteiger partial charge on any atom is 0.201 e. The summed E-state index contributed by atoms with van der Waals surface area (Å²) in [5.41, 5.74) is 4.45. The van der Waals surface area contributed by atoms with Gasteiger partial charge in [-0.05, 0) is 78.8 Å². The molecule has 0 aromatic heterocycles. The molecule has 0 N–H and O–H groups in total. The van der Waals surface area contributed by atoms with Crippen molar-refractivity contribution in [3.63, 3.8) is 0 Å². The molecule has 0 bridgehead atoms. The Morgan fingerprint density at radius 2 is 1.34 bits per heavy atom. The average molecular weight is 475 g/mol. The first-order valence-electron chi connectivity index (χ1n) is 13.0. The molecule has 0 spiro atoms. The molecule has 0 amide bonds. The van der Waals surface area contributed by atoms with Gasteiger partial charge in [0.25, 0.3) is 0 Å². The normalized spacial score (nSPS) is 17.8. The van der Waals surface area contributed by atoms with Crippen LogP contribution in [-0.2, 0) is 6.42 Å². The molecular weight excluding hydrogens is 438 g/mol. The Kier molecular flexibility index (Phi) is 8.74. The molecule has 35 heavy (non-hydrogen) atoms. The van der Waals surface area contributed by atoms with E-state index in [1.807, 2.05) is 30.3 Å². The maximum atomic E-state index is 14.6. The molecule has 0 heterocycles. The third-order valence-corrected chi connectivity index (χ3v) is 7.42. The minimum absolute atomic E-state index is 0.0540. The highest BCUT2D eigenvalue weighted by Crippen LogP contribution is 2.34. The monoisotopic (exact) mass is 474 g/mol. The largest absolute Gasteiger partial charge is 0.491 e. The second-order valence-electron chi connectivity index (χ2n) is 9.74. The summed E-state index contributed by atoms with van der Waals surface area (Å²) in [5, 5.41) is 0. The minimum Gasteiger partial charge on any atom is -0.491 e. The lowest BCUT2D eigenvalue weighted by molar-refractivity contribution is 0.254. The third-order valence-electron chi connectivity index (χ3n) is 7.42. The van der Waals surface area contributed by atoms with Crippen LogP contribution in [0.5, 0.6) is 5.75 Å². The van der Waals surface area contributed by atoms with Crippen molar-refractivity contribution in [2.45, 2.75) is 58.3 Å². The zero-order chi connectivity index (χ0) is 24.6. The van der Waals surface area contributed by atoms with E-state index in [0.717, 1.165) is 35.8 Å². The van der Waals surface area contributed by atoms with Gasteiger partial charge in [-0.2, -0.15) is 4.39 Å². The molecule has 1 aliphatic rings. The summed E-state index contributed by atoms with van der Waals surface area (Å²) in [7, 11) is 0. The molecule has 3 heteroatoms. The van der Waals surface area contributed by atoms with Gasteiger partial charge in [-0.3, -0.25) is 0 Å². The van der Waals surface area contributed by atoms with Crippen LogP contribution in [0.3, 0.4) is 0 Å². The van der Waals surface area contributed by atoms with Gasteiger partial charge in [0.05, 0.1) is 6.61 Å². The van der Waals surface area contributed by atoms with E-state index in [0.29, 0.717) is 12.2 Å². The zero-order valence-corrected chi connectivity index (χ0v) is 20.7. The van der Waals surface area contributed by atoms with Gasteiger partial charge in [0.15, 0.2) is 11.6 Å². The van der Waals surface area contributed by atoms with E-state index in [2.05, 4.69) is 30.8 Å². The summed E-state index contributed by atoms with van der Waals surface area (Å²) >= 11 is 0. The van der Waals surface area contributed by atoms with Crippen LogP contribution in [0.15, 0.2) is 73.3 Å². The second-order valence-corrected chi connectivity index (χ2v) is 9.74. The van der Waals surface area contributed by atoms with Crippen molar-refractivity contribution in [2.24, 2.45) is 11.8 Å². The first-order chi connectivity index (χ1) is 17.1. The van der Waals surface area contributed by atoms with Crippen LogP contribution < -0.4 is 4.74 Å². The summed E-state index contributed by atoms with van der Waals surface area (Å²) < 4.78 is 34.0. The summed E-state index contributed by atoms with van der Waals surface area (Å²) in [6, 6.07) is 19.4. The molecular formula is C32H36F2O. The maximum absolute atomic E-state index is 14.6. The highest BCUT2D eigenvalue weighted by molar-refractivity contribution is 5.71. The highest BCUT2D eigenvalue weighted by Gasteiger charge is 2.20. The molecule has 0 saturated heterocycles. The summed E-state index contributed by atoms with van der Waals surface area (Å²) in [6.07, 6.45) is 12.4. The van der Waals surface area contributed by atoms with Crippen molar-refractivity contribution in [1.29, 1.82) is 0 Å². The fourth-order valence-corrected chi connectivity index (χ4v) is 5.26. The molecule has 0 aliphatic heterocycles. The SMILES string of the molecule is C=CCCC1CCC(CCc2ccc(-c3ccc(-c4ccc(OCC)c(F)c4F)cc3)cc2)CC1. The number of aryl methyl sites for hydroxylation is 1. The first-order valence-corrected chi connectivity index (χ1v) is 13.0. The number of ether oxygens (including phenoxy) is 1. The molecule has 184 valence electrons. The van der Waals surface area contributed by atoms with Crippen molar-refractivity contribution in [3.05, 3.63) is 90.5 Å². The zero-order valence-electron chi connectivity index (χ0n) is 20.7. The minimum atomic E-state index is -0.940. The molecule has 0 atom stereocenters. The van der Waals surface area contributed by atoms with Gasteiger partial charge in [-0.25, -0.2) is 4.39 Å². The Balaban J connectivity index is 1.34. The summed E-state index contributed by atoms with van der Waals surface area (Å²) in [5.74, 6) is -0.111. The van der Waals surface area contributed by atoms with E-state index in [-0.39, 0.29) is 11.3 Å². The van der Waals surface area contributed by atoms with Crippen LogP contribution in [-0.4, -0.2) is 6.61 Å². The molecule has 1 saturated carbocycles. The van der Waals surface area contributed by atoms with E-state index >= 15 is 0 Å². The number of halogens is 2. The van der Waals surface area contributed by atoms with Gasteiger partial charge >= 0.3 is 0 Å². The summed E-state index contributed by atoms with van der Waals surface area (Å²) in [6.45, 7) is 5.89. The van der Waals surface area contributed by atoms with Gasteiger partial charge < -0.3 is 4.74 Å². The number of benzene rings is 3. The van der Waals surface area contributed by atoms with Crippen LogP contribution in [0.25, 0.3) is 22.3 Å². The Morgan fingerprint density at radius 3 is 1.94 bits per heavy atom. The van der Waals surface area contributed by atoms with Crippen LogP contribution in [0, 0.1) is 23.5 Å². The predicted octanol–water partition coefficient (Wildman–Crippen LogP) is 9.40. The Morgan fingerprint density at radius 1 is 0.771 bits per heavy atom. The van der Waals surface area contributed by atoms with E-state index in [4.69, 9.17) is 4.74 Å². The molecule has 0 radical (unpaired) electrons. The molecule has 0 unspecified atom stereocenters. The van der Waals surface area contributed by atoms with E-state index in [1.165, 1.54) is 50.2 Å². The van der Waals surface area contributed by atoms with E-state index in [1.54, 1.807) is 13.0 Å². The van der Waals surface area contributed by atoms with Crippen molar-refractivity contribution >= 4 is 0 Å². The van der Waals surface area contributed by atoms with Gasteiger partial charge in [0, 0.05) is 5.56 Å². The topological polar surface area (TPSA) is 9.23 Å². The standard InChI is InChI=1S/C32H36F2O/c1-3-5-6-23-7-9-24(10-8-23)11-12-25-13-15-26(16-14-25)27-17-19-28(20-18-27)29-21-22-30(35-4-2)32(34)31(29)33/h3,13-24H,1,4-12H2,2H3. The van der Waals surface area contributed by atoms with Gasteiger partial charge in [-0.15, -0.1) is 6.58 Å². The van der Waals surface area contributed by atoms with Crippen molar-refractivity contribution < 1.29 is 13.5 Å². The average Bonchev–Trinajstić information content (AvgIpc) is 2.90. The fourth-order valence-electron chi connectivity index (χ4n) is 5.26. The highest BCUT2D eigenvalue weighted by atomic mass is 19.2. The van der Waals surface area contributed by atoms with E-state index < -0.39 is 11.6 Å². The summed E-state index contributed by atoms with van der Waals surface area (Å²) in [4.78, 5) is 0. The molecule has 1 nitrogen and oxygen atoms in total. The van der Waals surface area contributed by atoms with Crippen molar-refractivity contribution in [3.8, 4) is 28.0 Å². The number of allylic oxidation sites excluding steroid dienone is 1. The lowest BCUT2D eigenvalue weighted by Crippen LogP contribution is -2.15. The third kappa shape index (κ3) is 6.39. The lowest BCUT2D eigenvalue weighted by Gasteiger charge is -2.28. The van der Waals surface area contributed by atoms with Crippen LogP contribution in [0.1, 0.15) is 57.4 Å². The molecule has 1 fully saturated rings. The number of rotatable bonds is 10. The lowest BCUT2D eigenvalue weighted by atomic mass is 9.78. The molecule has 4 rings (SSSR count). The van der Waals surface area contributed by atoms with Gasteiger partial charge in [0.2, 0.25) is 5.82 Å². The molecule has 3 aromatic rings. The second kappa shape index (κ2) is 12.2. The Hall–Kier alpha value is -2.94. The van der Waals surface area contributed by atoms with Crippen LogP contribution in [0.4, 0.5) is 8.78 Å².